The number of methoxy groups -OCH3 is 1. The molecule has 0 radical (unpaired) electrons. The highest BCUT2D eigenvalue weighted by Crippen LogP contribution is 2.50. The molecule has 0 aliphatic heterocycles. The number of aromatic hydroxyl groups is 1. The van der Waals surface area contributed by atoms with E-state index in [2.05, 4.69) is 0 Å². The van der Waals surface area contributed by atoms with E-state index in [1.165, 1.54) is 19.2 Å². The summed E-state index contributed by atoms with van der Waals surface area (Å²) in [5.41, 5.74) is 0.190. The lowest BCUT2D eigenvalue weighted by atomic mass is 9.61. The summed E-state index contributed by atoms with van der Waals surface area (Å²) in [7, 11) is 1.22. The molecule has 3 unspecified atom stereocenters. The molecule has 0 spiro atoms. The summed E-state index contributed by atoms with van der Waals surface area (Å²) >= 11 is 0. The van der Waals surface area contributed by atoms with Crippen molar-refractivity contribution in [3.63, 3.8) is 0 Å². The van der Waals surface area contributed by atoms with Gasteiger partial charge >= 0.3 is 5.97 Å². The number of ether oxygens (including phenoxy) is 1. The number of phenolic OH excluding ortho intramolecular Hbond substituents is 1. The summed E-state index contributed by atoms with van der Waals surface area (Å²) in [5.74, 6) is -5.75. The molecule has 3 atom stereocenters. The third-order valence-electron chi connectivity index (χ3n) is 6.28. The van der Waals surface area contributed by atoms with Crippen LogP contribution in [0.3, 0.4) is 0 Å². The van der Waals surface area contributed by atoms with E-state index < -0.39 is 52.6 Å². The minimum absolute atomic E-state index is 0. The molecule has 1 aromatic carbocycles. The number of carbonyl (C=O) groups excluding carboxylic acids is 4. The second-order valence-corrected chi connectivity index (χ2v) is 7.92. The largest absolute Gasteiger partial charge is 0.511 e. The smallest absolute Gasteiger partial charge is 0.338 e. The van der Waals surface area contributed by atoms with E-state index in [9.17, 15) is 34.5 Å². The second kappa shape index (κ2) is 7.66. The fourth-order valence-corrected chi connectivity index (χ4v) is 5.06. The molecule has 0 amide bonds. The number of aliphatic hydroxyl groups excluding tert-OH is 2. The topological polar surface area (TPSA) is 170 Å². The van der Waals surface area contributed by atoms with Crippen LogP contribution >= 0.6 is 0 Å². The summed E-state index contributed by atoms with van der Waals surface area (Å²) in [6, 6.07) is 2.63. The van der Waals surface area contributed by atoms with Crippen molar-refractivity contribution in [1.82, 2.24) is 0 Å². The Hall–Kier alpha value is -3.46. The molecule has 168 valence electrons. The number of ketones is 3. The van der Waals surface area contributed by atoms with Crippen LogP contribution in [0.4, 0.5) is 0 Å². The maximum Gasteiger partial charge on any atom is 0.338 e. The Labute approximate surface area is 179 Å². The van der Waals surface area contributed by atoms with Crippen molar-refractivity contribution in [2.45, 2.75) is 26.2 Å². The van der Waals surface area contributed by atoms with Crippen LogP contribution in [0.15, 0.2) is 29.0 Å². The number of carbonyl (C=O) groups is 4. The number of phenols is 1. The Morgan fingerprint density at radius 3 is 2.42 bits per heavy atom. The van der Waals surface area contributed by atoms with Gasteiger partial charge in [-0.05, 0) is 49.3 Å². The minimum atomic E-state index is -1.09. The van der Waals surface area contributed by atoms with Gasteiger partial charge in [-0.2, -0.15) is 0 Å². The number of hydrogen-bond acceptors (Lipinski definition) is 8. The van der Waals surface area contributed by atoms with Crippen molar-refractivity contribution < 1.29 is 47.6 Å². The lowest BCUT2D eigenvalue weighted by Gasteiger charge is -2.41. The zero-order chi connectivity index (χ0) is 21.9. The molecule has 0 saturated heterocycles. The number of aliphatic hydroxyl groups is 2. The van der Waals surface area contributed by atoms with E-state index >= 15 is 0 Å². The van der Waals surface area contributed by atoms with Crippen molar-refractivity contribution in [1.29, 1.82) is 0 Å². The van der Waals surface area contributed by atoms with E-state index in [4.69, 9.17) is 4.74 Å². The fraction of sp³-hybridized carbons (Fsp3) is 0.364. The van der Waals surface area contributed by atoms with Crippen LogP contribution in [0.2, 0.25) is 0 Å². The summed E-state index contributed by atoms with van der Waals surface area (Å²) in [6.45, 7) is 1.15. The molecule has 1 aromatic rings. The molecule has 0 bridgehead atoms. The average Bonchev–Trinajstić information content (AvgIpc) is 2.66. The summed E-state index contributed by atoms with van der Waals surface area (Å²) in [4.78, 5) is 49.6. The average molecular weight is 434 g/mol. The predicted octanol–water partition coefficient (Wildman–Crippen LogP) is 1.87. The van der Waals surface area contributed by atoms with E-state index in [-0.39, 0.29) is 49.2 Å². The Bertz CT molecular complexity index is 1100. The van der Waals surface area contributed by atoms with Gasteiger partial charge in [0.25, 0.3) is 0 Å². The lowest BCUT2D eigenvalue weighted by Crippen LogP contribution is -2.43. The fourth-order valence-electron chi connectivity index (χ4n) is 5.06. The number of fused-ring (bicyclic) bond motifs is 3. The standard InChI is InChI=1S/C22H20O8.H2O.2H2/c1-8(23)15-14(25)7-10-5-9-6-12-11(22(29)30-2)3-4-13(24)18(12)21(28)16(9)20(27)17(10)19(15)26;;;/h3-4,9-10,17,24,26,28H,5-7H2,1-2H3;1H2;2*1H. The second-order valence-electron chi connectivity index (χ2n) is 7.92. The molecular formula is C22H26O9. The first-order valence-corrected chi connectivity index (χ1v) is 9.55. The van der Waals surface area contributed by atoms with Crippen LogP contribution in [-0.4, -0.2) is 51.2 Å². The van der Waals surface area contributed by atoms with Gasteiger partial charge in [-0.1, -0.05) is 0 Å². The Morgan fingerprint density at radius 2 is 1.81 bits per heavy atom. The van der Waals surface area contributed by atoms with E-state index in [1.54, 1.807) is 0 Å². The third kappa shape index (κ3) is 3.12. The molecule has 1 fully saturated rings. The molecule has 3 aliphatic rings. The molecule has 4 rings (SSSR count). The van der Waals surface area contributed by atoms with Crippen molar-refractivity contribution in [2.75, 3.05) is 7.11 Å². The van der Waals surface area contributed by atoms with Crippen LogP contribution in [0.1, 0.15) is 44.1 Å². The van der Waals surface area contributed by atoms with Crippen LogP contribution in [0, 0.1) is 17.8 Å². The number of esters is 1. The molecule has 31 heavy (non-hydrogen) atoms. The summed E-state index contributed by atoms with van der Waals surface area (Å²) in [5, 5.41) is 31.8. The minimum Gasteiger partial charge on any atom is -0.511 e. The third-order valence-corrected chi connectivity index (χ3v) is 6.28. The highest BCUT2D eigenvalue weighted by Gasteiger charge is 2.50. The van der Waals surface area contributed by atoms with Gasteiger partial charge in [-0.15, -0.1) is 0 Å². The monoisotopic (exact) mass is 434 g/mol. The number of rotatable bonds is 2. The molecule has 1 saturated carbocycles. The van der Waals surface area contributed by atoms with Gasteiger partial charge in [0, 0.05) is 14.8 Å². The number of hydrogen-bond donors (Lipinski definition) is 3. The predicted molar refractivity (Wildman–Crippen MR) is 111 cm³/mol. The van der Waals surface area contributed by atoms with Crippen LogP contribution in [0.25, 0.3) is 5.76 Å². The van der Waals surface area contributed by atoms with Gasteiger partial charge in [0.15, 0.2) is 17.3 Å². The molecule has 0 aromatic heterocycles. The first-order chi connectivity index (χ1) is 14.2. The quantitative estimate of drug-likeness (QED) is 0.468. The van der Waals surface area contributed by atoms with Crippen molar-refractivity contribution in [2.24, 2.45) is 17.8 Å². The Kier molecular flexibility index (Phi) is 5.49. The van der Waals surface area contributed by atoms with Gasteiger partial charge in [-0.3, -0.25) is 14.4 Å². The first kappa shape index (κ1) is 22.2. The zero-order valence-electron chi connectivity index (χ0n) is 16.9. The summed E-state index contributed by atoms with van der Waals surface area (Å²) in [6.07, 6.45) is 0.421. The highest BCUT2D eigenvalue weighted by molar-refractivity contribution is 6.22. The van der Waals surface area contributed by atoms with Crippen molar-refractivity contribution in [3.05, 3.63) is 45.7 Å². The SMILES string of the molecule is COC(=O)c1ccc(O)c2c1CC1CC3CC(=O)C(C(C)=O)=C(O)C3C(=O)C1=C2O.O.[HH].[HH]. The summed E-state index contributed by atoms with van der Waals surface area (Å²) < 4.78 is 4.78. The van der Waals surface area contributed by atoms with Gasteiger partial charge in [0.2, 0.25) is 0 Å². The van der Waals surface area contributed by atoms with Crippen LogP contribution in [0.5, 0.6) is 5.75 Å². The maximum atomic E-state index is 13.3. The molecular weight excluding hydrogens is 408 g/mol. The van der Waals surface area contributed by atoms with Crippen LogP contribution in [-0.2, 0) is 25.5 Å². The van der Waals surface area contributed by atoms with Gasteiger partial charge in [0.05, 0.1) is 29.7 Å². The molecule has 5 N–H and O–H groups in total. The van der Waals surface area contributed by atoms with Crippen molar-refractivity contribution >= 4 is 29.1 Å². The molecule has 9 heteroatoms. The van der Waals surface area contributed by atoms with Crippen molar-refractivity contribution in [3.8, 4) is 5.75 Å². The normalized spacial score (nSPS) is 24.6. The van der Waals surface area contributed by atoms with E-state index in [0.717, 1.165) is 6.92 Å². The Balaban J connectivity index is 0.00000181. The number of allylic oxidation sites excluding steroid dienone is 3. The number of Topliss-reactive ketones (excluding diaryl/α,β-unsaturated/α-hetero) is 3. The Morgan fingerprint density at radius 1 is 1.13 bits per heavy atom. The first-order valence-electron chi connectivity index (χ1n) is 9.55. The molecule has 9 nitrogen and oxygen atoms in total. The molecule has 0 heterocycles. The van der Waals surface area contributed by atoms with Gasteiger partial charge in [0.1, 0.15) is 17.3 Å². The van der Waals surface area contributed by atoms with E-state index in [1.807, 2.05) is 0 Å². The van der Waals surface area contributed by atoms with Crippen LogP contribution < -0.4 is 0 Å². The number of benzene rings is 1. The maximum absolute atomic E-state index is 13.3. The van der Waals surface area contributed by atoms with Gasteiger partial charge in [-0.25, -0.2) is 4.79 Å². The lowest BCUT2D eigenvalue weighted by molar-refractivity contribution is -0.127. The van der Waals surface area contributed by atoms with Gasteiger partial charge < -0.3 is 25.5 Å². The van der Waals surface area contributed by atoms with E-state index in [0.29, 0.717) is 12.0 Å². The molecule has 3 aliphatic carbocycles. The zero-order valence-corrected chi connectivity index (χ0v) is 16.9. The highest BCUT2D eigenvalue weighted by atomic mass is 16.5.